The van der Waals surface area contributed by atoms with E-state index in [9.17, 15) is 23.3 Å². The van der Waals surface area contributed by atoms with Crippen molar-refractivity contribution in [3.05, 3.63) is 62.7 Å². The van der Waals surface area contributed by atoms with Crippen LogP contribution < -0.4 is 4.74 Å². The topological polar surface area (TPSA) is 110 Å². The molecular formula is C21H22ClN3O6S. The number of nitro benzene ring substituents is 1. The molecule has 1 amide bonds. The molecule has 4 rings (SSSR count). The maximum absolute atomic E-state index is 13.1. The number of nitro groups is 1. The number of fused-ring (bicyclic) bond motifs is 1. The zero-order chi connectivity index (χ0) is 23.0. The first-order valence-electron chi connectivity index (χ1n) is 10.1. The predicted octanol–water partition coefficient (Wildman–Crippen LogP) is 2.64. The lowest BCUT2D eigenvalue weighted by molar-refractivity contribution is -0.385. The average molecular weight is 480 g/mol. The van der Waals surface area contributed by atoms with E-state index >= 15 is 0 Å². The summed E-state index contributed by atoms with van der Waals surface area (Å²) >= 11 is 6.05. The number of non-ortho nitro benzene ring substituents is 1. The van der Waals surface area contributed by atoms with E-state index in [0.29, 0.717) is 17.0 Å². The van der Waals surface area contributed by atoms with Crippen LogP contribution >= 0.6 is 11.6 Å². The molecule has 2 aromatic rings. The molecule has 2 aliphatic rings. The van der Waals surface area contributed by atoms with Crippen LogP contribution in [0.15, 0.2) is 41.3 Å². The Bertz CT molecular complexity index is 1180. The van der Waals surface area contributed by atoms with Gasteiger partial charge in [0.25, 0.3) is 5.69 Å². The van der Waals surface area contributed by atoms with Crippen LogP contribution in [0.4, 0.5) is 5.69 Å². The minimum Gasteiger partial charge on any atom is -0.492 e. The second-order valence-electron chi connectivity index (χ2n) is 7.90. The van der Waals surface area contributed by atoms with E-state index in [1.54, 1.807) is 30.0 Å². The maximum atomic E-state index is 13.1. The zero-order valence-corrected chi connectivity index (χ0v) is 18.9. The number of rotatable bonds is 4. The van der Waals surface area contributed by atoms with Gasteiger partial charge in [0.15, 0.2) is 0 Å². The molecule has 0 unspecified atom stereocenters. The molecule has 1 fully saturated rings. The number of hydrogen-bond donors (Lipinski definition) is 0. The number of carbonyl (C=O) groups is 1. The third-order valence-electron chi connectivity index (χ3n) is 5.83. The molecule has 0 N–H and O–H groups in total. The predicted molar refractivity (Wildman–Crippen MR) is 117 cm³/mol. The first-order chi connectivity index (χ1) is 15.2. The Morgan fingerprint density at radius 3 is 2.56 bits per heavy atom. The summed E-state index contributed by atoms with van der Waals surface area (Å²) in [6, 6.07) is 9.12. The molecule has 0 bridgehead atoms. The van der Waals surface area contributed by atoms with Crippen molar-refractivity contribution in [3.8, 4) is 5.75 Å². The number of nitrogens with zero attached hydrogens (tertiary/aromatic N) is 3. The van der Waals surface area contributed by atoms with Crippen LogP contribution in [0.2, 0.25) is 5.02 Å². The summed E-state index contributed by atoms with van der Waals surface area (Å²) in [7, 11) is -3.92. The molecule has 2 aliphatic heterocycles. The normalized spacial score (nSPS) is 19.2. The lowest BCUT2D eigenvalue weighted by atomic mass is 9.95. The molecule has 1 saturated heterocycles. The van der Waals surface area contributed by atoms with Gasteiger partial charge < -0.3 is 9.64 Å². The molecule has 2 heterocycles. The standard InChI is InChI=1S/C21H22ClN3O6S/c1-14-2-4-18(25(27)28)12-20(14)32(29,30)24-8-6-23(7-9-24)21(26)16-10-15-11-17(22)3-5-19(15)31-13-16/h2-5,11-12,16H,6-10,13H2,1H3/t16-/m1/s1. The Hall–Kier alpha value is -2.69. The lowest BCUT2D eigenvalue weighted by Crippen LogP contribution is -2.53. The van der Waals surface area contributed by atoms with Crippen LogP contribution in [0.3, 0.4) is 0 Å². The largest absolute Gasteiger partial charge is 0.492 e. The minimum atomic E-state index is -3.92. The number of carbonyl (C=O) groups excluding carboxylic acids is 1. The van der Waals surface area contributed by atoms with Gasteiger partial charge in [-0.15, -0.1) is 0 Å². The van der Waals surface area contributed by atoms with Gasteiger partial charge in [-0.25, -0.2) is 8.42 Å². The summed E-state index contributed by atoms with van der Waals surface area (Å²) in [6.07, 6.45) is 0.514. The molecule has 9 nitrogen and oxygen atoms in total. The molecular weight excluding hydrogens is 458 g/mol. The van der Waals surface area contributed by atoms with Gasteiger partial charge in [0.2, 0.25) is 15.9 Å². The number of benzene rings is 2. The van der Waals surface area contributed by atoms with Crippen molar-refractivity contribution in [2.24, 2.45) is 5.92 Å². The zero-order valence-electron chi connectivity index (χ0n) is 17.4. The van der Waals surface area contributed by atoms with Crippen LogP contribution in [0.25, 0.3) is 0 Å². The molecule has 32 heavy (non-hydrogen) atoms. The van der Waals surface area contributed by atoms with Crippen LogP contribution in [0.5, 0.6) is 5.75 Å². The van der Waals surface area contributed by atoms with Crippen molar-refractivity contribution in [1.29, 1.82) is 0 Å². The Balaban J connectivity index is 1.43. The van der Waals surface area contributed by atoms with E-state index in [1.165, 1.54) is 16.4 Å². The van der Waals surface area contributed by atoms with Crippen LogP contribution in [0, 0.1) is 23.0 Å². The number of piperazine rings is 1. The van der Waals surface area contributed by atoms with Crippen molar-refractivity contribution in [2.75, 3.05) is 32.8 Å². The van der Waals surface area contributed by atoms with Crippen molar-refractivity contribution in [3.63, 3.8) is 0 Å². The van der Waals surface area contributed by atoms with Gasteiger partial charge in [-0.05, 0) is 42.7 Å². The molecule has 170 valence electrons. The van der Waals surface area contributed by atoms with Crippen molar-refractivity contribution in [1.82, 2.24) is 9.21 Å². The summed E-state index contributed by atoms with van der Waals surface area (Å²) in [5.41, 5.74) is 1.04. The highest BCUT2D eigenvalue weighted by atomic mass is 35.5. The number of halogens is 1. The Morgan fingerprint density at radius 1 is 1.16 bits per heavy atom. The van der Waals surface area contributed by atoms with E-state index < -0.39 is 14.9 Å². The molecule has 0 aromatic heterocycles. The Labute approximate surface area is 190 Å². The first kappa shape index (κ1) is 22.5. The highest BCUT2D eigenvalue weighted by molar-refractivity contribution is 7.89. The van der Waals surface area contributed by atoms with Gasteiger partial charge in [0, 0.05) is 43.3 Å². The second-order valence-corrected chi connectivity index (χ2v) is 10.2. The van der Waals surface area contributed by atoms with Crippen LogP contribution in [-0.4, -0.2) is 61.2 Å². The maximum Gasteiger partial charge on any atom is 0.270 e. The van der Waals surface area contributed by atoms with E-state index in [0.717, 1.165) is 17.4 Å². The molecule has 1 atom stereocenters. The smallest absolute Gasteiger partial charge is 0.270 e. The summed E-state index contributed by atoms with van der Waals surface area (Å²) in [5, 5.41) is 11.6. The lowest BCUT2D eigenvalue weighted by Gasteiger charge is -2.36. The Morgan fingerprint density at radius 2 is 1.88 bits per heavy atom. The molecule has 0 spiro atoms. The Kier molecular flexibility index (Phi) is 6.11. The van der Waals surface area contributed by atoms with Gasteiger partial charge in [0.05, 0.1) is 15.7 Å². The van der Waals surface area contributed by atoms with Gasteiger partial charge >= 0.3 is 0 Å². The third kappa shape index (κ3) is 4.30. The fourth-order valence-corrected chi connectivity index (χ4v) is 5.91. The van der Waals surface area contributed by atoms with E-state index in [1.807, 2.05) is 0 Å². The first-order valence-corrected chi connectivity index (χ1v) is 11.9. The van der Waals surface area contributed by atoms with Crippen LogP contribution in [0.1, 0.15) is 11.1 Å². The average Bonchev–Trinajstić information content (AvgIpc) is 2.78. The number of ether oxygens (including phenoxy) is 1. The molecule has 2 aromatic carbocycles. The van der Waals surface area contributed by atoms with Gasteiger partial charge in [-0.1, -0.05) is 17.7 Å². The van der Waals surface area contributed by atoms with Gasteiger partial charge in [-0.3, -0.25) is 14.9 Å². The quantitative estimate of drug-likeness (QED) is 0.492. The summed E-state index contributed by atoms with van der Waals surface area (Å²) in [4.78, 5) is 25.0. The monoisotopic (exact) mass is 479 g/mol. The summed E-state index contributed by atoms with van der Waals surface area (Å²) in [6.45, 7) is 2.58. The third-order valence-corrected chi connectivity index (χ3v) is 8.10. The van der Waals surface area contributed by atoms with Crippen molar-refractivity contribution < 1.29 is 22.9 Å². The molecule has 0 aliphatic carbocycles. The van der Waals surface area contributed by atoms with Crippen LogP contribution in [-0.2, 0) is 21.2 Å². The molecule has 11 heteroatoms. The molecule has 0 saturated carbocycles. The molecule has 0 radical (unpaired) electrons. The minimum absolute atomic E-state index is 0.0827. The number of hydrogen-bond acceptors (Lipinski definition) is 6. The fourth-order valence-electron chi connectivity index (χ4n) is 4.05. The number of aryl methyl sites for hydroxylation is 1. The van der Waals surface area contributed by atoms with E-state index in [4.69, 9.17) is 16.3 Å². The van der Waals surface area contributed by atoms with E-state index in [-0.39, 0.29) is 55.2 Å². The van der Waals surface area contributed by atoms with Gasteiger partial charge in [-0.2, -0.15) is 4.31 Å². The summed E-state index contributed by atoms with van der Waals surface area (Å²) in [5.74, 6) is 0.282. The van der Waals surface area contributed by atoms with Gasteiger partial charge in [0.1, 0.15) is 12.4 Å². The van der Waals surface area contributed by atoms with E-state index in [2.05, 4.69) is 0 Å². The second kappa shape index (κ2) is 8.68. The summed E-state index contributed by atoms with van der Waals surface area (Å²) < 4.78 is 33.2. The SMILES string of the molecule is Cc1ccc([N+](=O)[O-])cc1S(=O)(=O)N1CCN(C(=O)[C@H]2COc3ccc(Cl)cc3C2)CC1. The van der Waals surface area contributed by atoms with Crippen molar-refractivity contribution >= 4 is 33.2 Å². The highest BCUT2D eigenvalue weighted by Crippen LogP contribution is 2.31. The number of amides is 1. The highest BCUT2D eigenvalue weighted by Gasteiger charge is 2.35. The number of sulfonamides is 1. The van der Waals surface area contributed by atoms with Crippen molar-refractivity contribution in [2.45, 2.75) is 18.2 Å². The fraction of sp³-hybridized carbons (Fsp3) is 0.381.